The van der Waals surface area contributed by atoms with Crippen molar-refractivity contribution in [2.45, 2.75) is 52.6 Å². The molecule has 2 nitrogen and oxygen atoms in total. The van der Waals surface area contributed by atoms with Gasteiger partial charge in [-0.1, -0.05) is 55.0 Å². The van der Waals surface area contributed by atoms with E-state index in [1.807, 2.05) is 0 Å². The van der Waals surface area contributed by atoms with Crippen LogP contribution in [0.1, 0.15) is 54.4 Å². The van der Waals surface area contributed by atoms with Gasteiger partial charge in [0.15, 0.2) is 0 Å². The number of ether oxygens (including phenoxy) is 1. The van der Waals surface area contributed by atoms with E-state index in [2.05, 4.69) is 62.5 Å². The zero-order valence-corrected chi connectivity index (χ0v) is 15.5. The second-order valence-corrected chi connectivity index (χ2v) is 7.11. The SMILES string of the molecule is CCC(=S)Nc1c(COc2ccc(C)cc2C)cccc1C1CC1. The maximum atomic E-state index is 6.11. The second kappa shape index (κ2) is 7.35. The number of anilines is 1. The van der Waals surface area contributed by atoms with Gasteiger partial charge in [-0.25, -0.2) is 0 Å². The average molecular weight is 340 g/mol. The summed E-state index contributed by atoms with van der Waals surface area (Å²) in [5.74, 6) is 1.62. The predicted molar refractivity (Wildman–Crippen MR) is 105 cm³/mol. The summed E-state index contributed by atoms with van der Waals surface area (Å²) in [6, 6.07) is 12.8. The van der Waals surface area contributed by atoms with E-state index in [9.17, 15) is 0 Å². The Morgan fingerprint density at radius 3 is 2.67 bits per heavy atom. The molecule has 1 saturated carbocycles. The Labute approximate surface area is 150 Å². The lowest BCUT2D eigenvalue weighted by Crippen LogP contribution is -2.12. The summed E-state index contributed by atoms with van der Waals surface area (Å²) in [5.41, 5.74) is 6.15. The van der Waals surface area contributed by atoms with Gasteiger partial charge in [-0.2, -0.15) is 0 Å². The standard InChI is InChI=1S/C21H25NOS/c1-4-20(24)22-21-17(6-5-7-18(21)16-9-10-16)13-23-19-11-8-14(2)12-15(19)3/h5-8,11-12,16H,4,9-10,13H2,1-3H3,(H,22,24). The van der Waals surface area contributed by atoms with Crippen molar-refractivity contribution in [2.24, 2.45) is 0 Å². The van der Waals surface area contributed by atoms with E-state index in [0.29, 0.717) is 12.5 Å². The predicted octanol–water partition coefficient (Wildman–Crippen LogP) is 5.91. The van der Waals surface area contributed by atoms with Crippen LogP contribution < -0.4 is 10.1 Å². The molecule has 0 radical (unpaired) electrons. The van der Waals surface area contributed by atoms with Crippen LogP contribution in [0.2, 0.25) is 0 Å². The molecule has 3 heteroatoms. The third-order valence-electron chi connectivity index (χ3n) is 4.50. The molecular weight excluding hydrogens is 314 g/mol. The Hall–Kier alpha value is -1.87. The van der Waals surface area contributed by atoms with Gasteiger partial charge >= 0.3 is 0 Å². The number of nitrogens with one attached hydrogen (secondary N) is 1. The molecule has 1 N–H and O–H groups in total. The van der Waals surface area contributed by atoms with Gasteiger partial charge in [-0.05, 0) is 56.2 Å². The molecule has 0 atom stereocenters. The van der Waals surface area contributed by atoms with Crippen LogP contribution in [0.15, 0.2) is 36.4 Å². The first-order valence-electron chi connectivity index (χ1n) is 8.70. The molecule has 0 saturated heterocycles. The van der Waals surface area contributed by atoms with Crippen molar-refractivity contribution in [3.8, 4) is 5.75 Å². The molecule has 0 aliphatic heterocycles. The van der Waals surface area contributed by atoms with Gasteiger partial charge in [-0.15, -0.1) is 0 Å². The molecule has 1 fully saturated rings. The zero-order chi connectivity index (χ0) is 17.1. The van der Waals surface area contributed by atoms with Gasteiger partial charge in [0.25, 0.3) is 0 Å². The monoisotopic (exact) mass is 339 g/mol. The van der Waals surface area contributed by atoms with Crippen molar-refractivity contribution < 1.29 is 4.74 Å². The normalized spacial score (nSPS) is 13.6. The van der Waals surface area contributed by atoms with Crippen LogP contribution in [-0.2, 0) is 6.61 Å². The molecule has 2 aromatic carbocycles. The Morgan fingerprint density at radius 2 is 2.00 bits per heavy atom. The van der Waals surface area contributed by atoms with E-state index in [4.69, 9.17) is 17.0 Å². The molecular formula is C21H25NOS. The van der Waals surface area contributed by atoms with Crippen molar-refractivity contribution >= 4 is 22.9 Å². The quantitative estimate of drug-likeness (QED) is 0.661. The summed E-state index contributed by atoms with van der Waals surface area (Å²) >= 11 is 5.42. The Balaban J connectivity index is 1.83. The molecule has 126 valence electrons. The zero-order valence-electron chi connectivity index (χ0n) is 14.7. The third kappa shape index (κ3) is 3.96. The Morgan fingerprint density at radius 1 is 1.21 bits per heavy atom. The number of benzene rings is 2. The Bertz CT molecular complexity index is 749. The van der Waals surface area contributed by atoms with E-state index < -0.39 is 0 Å². The first kappa shape index (κ1) is 17.0. The van der Waals surface area contributed by atoms with Crippen LogP contribution in [0.4, 0.5) is 5.69 Å². The Kier molecular flexibility index (Phi) is 5.20. The lowest BCUT2D eigenvalue weighted by molar-refractivity contribution is 0.304. The van der Waals surface area contributed by atoms with Crippen LogP contribution in [0.3, 0.4) is 0 Å². The summed E-state index contributed by atoms with van der Waals surface area (Å²) in [6.45, 7) is 6.83. The molecule has 1 aliphatic carbocycles. The number of rotatable bonds is 6. The van der Waals surface area contributed by atoms with E-state index in [1.54, 1.807) is 0 Å². The highest BCUT2D eigenvalue weighted by Crippen LogP contribution is 2.44. The number of thiocarbonyl (C=S) groups is 1. The van der Waals surface area contributed by atoms with E-state index in [-0.39, 0.29) is 0 Å². The van der Waals surface area contributed by atoms with Crippen LogP contribution >= 0.6 is 12.2 Å². The van der Waals surface area contributed by atoms with Crippen LogP contribution in [0.25, 0.3) is 0 Å². The van der Waals surface area contributed by atoms with Gasteiger partial charge in [0.2, 0.25) is 0 Å². The van der Waals surface area contributed by atoms with Gasteiger partial charge in [0.1, 0.15) is 12.4 Å². The van der Waals surface area contributed by atoms with Gasteiger partial charge in [0.05, 0.1) is 4.99 Å². The largest absolute Gasteiger partial charge is 0.489 e. The van der Waals surface area contributed by atoms with Crippen molar-refractivity contribution in [1.29, 1.82) is 0 Å². The van der Waals surface area contributed by atoms with Gasteiger partial charge in [-0.3, -0.25) is 0 Å². The summed E-state index contributed by atoms with van der Waals surface area (Å²) < 4.78 is 6.11. The van der Waals surface area contributed by atoms with Crippen molar-refractivity contribution in [3.05, 3.63) is 58.7 Å². The fraction of sp³-hybridized carbons (Fsp3) is 0.381. The van der Waals surface area contributed by atoms with E-state index in [1.165, 1.54) is 35.1 Å². The molecule has 0 amide bonds. The lowest BCUT2D eigenvalue weighted by Gasteiger charge is -2.18. The fourth-order valence-electron chi connectivity index (χ4n) is 2.97. The maximum Gasteiger partial charge on any atom is 0.122 e. The molecule has 0 unspecified atom stereocenters. The first-order chi connectivity index (χ1) is 11.6. The number of para-hydroxylation sites is 1. The third-order valence-corrected chi connectivity index (χ3v) is 4.89. The minimum atomic E-state index is 0.555. The molecule has 3 rings (SSSR count). The van der Waals surface area contributed by atoms with Crippen LogP contribution in [0, 0.1) is 13.8 Å². The molecule has 1 aliphatic rings. The molecule has 0 bridgehead atoms. The van der Waals surface area contributed by atoms with Crippen molar-refractivity contribution in [1.82, 2.24) is 0 Å². The van der Waals surface area contributed by atoms with Crippen LogP contribution in [0.5, 0.6) is 5.75 Å². The maximum absolute atomic E-state index is 6.11. The fourth-order valence-corrected chi connectivity index (χ4v) is 3.07. The minimum Gasteiger partial charge on any atom is -0.489 e. The molecule has 0 heterocycles. The summed E-state index contributed by atoms with van der Waals surface area (Å²) in [4.78, 5) is 0.885. The summed E-state index contributed by atoms with van der Waals surface area (Å²) in [5, 5.41) is 3.46. The highest BCUT2D eigenvalue weighted by atomic mass is 32.1. The number of hydrogen-bond donors (Lipinski definition) is 1. The smallest absolute Gasteiger partial charge is 0.122 e. The molecule has 0 aromatic heterocycles. The summed E-state index contributed by atoms with van der Waals surface area (Å²) in [6.07, 6.45) is 3.40. The van der Waals surface area contributed by atoms with Crippen LogP contribution in [-0.4, -0.2) is 4.99 Å². The van der Waals surface area contributed by atoms with Crippen molar-refractivity contribution in [3.63, 3.8) is 0 Å². The average Bonchev–Trinajstić information content (AvgIpc) is 3.39. The molecule has 0 spiro atoms. The van der Waals surface area contributed by atoms with Gasteiger partial charge in [0, 0.05) is 11.3 Å². The van der Waals surface area contributed by atoms with E-state index >= 15 is 0 Å². The molecule has 2 aromatic rings. The highest BCUT2D eigenvalue weighted by molar-refractivity contribution is 7.80. The highest BCUT2D eigenvalue weighted by Gasteiger charge is 2.27. The number of aryl methyl sites for hydroxylation is 2. The molecule has 24 heavy (non-hydrogen) atoms. The first-order valence-corrected chi connectivity index (χ1v) is 9.11. The number of hydrogen-bond acceptors (Lipinski definition) is 2. The minimum absolute atomic E-state index is 0.555. The van der Waals surface area contributed by atoms with Gasteiger partial charge < -0.3 is 10.1 Å². The van der Waals surface area contributed by atoms with Crippen molar-refractivity contribution in [2.75, 3.05) is 5.32 Å². The second-order valence-electron chi connectivity index (χ2n) is 6.61. The van der Waals surface area contributed by atoms with E-state index in [0.717, 1.165) is 22.8 Å². The summed E-state index contributed by atoms with van der Waals surface area (Å²) in [7, 11) is 0. The topological polar surface area (TPSA) is 21.3 Å². The lowest BCUT2D eigenvalue weighted by atomic mass is 10.0.